The lowest BCUT2D eigenvalue weighted by Crippen LogP contribution is -2.37. The Labute approximate surface area is 163 Å². The van der Waals surface area contributed by atoms with Crippen LogP contribution in [0.15, 0.2) is 57.9 Å². The molecule has 3 aromatic rings. The van der Waals surface area contributed by atoms with Crippen LogP contribution < -0.4 is 15.6 Å². The van der Waals surface area contributed by atoms with Crippen molar-refractivity contribution in [2.45, 2.75) is 18.6 Å². The van der Waals surface area contributed by atoms with E-state index in [2.05, 4.69) is 10.3 Å². The molecule has 150 valence electrons. The zero-order chi connectivity index (χ0) is 20.6. The molecule has 1 amide bonds. The summed E-state index contributed by atoms with van der Waals surface area (Å²) in [4.78, 5) is 30.3. The third-order valence-electron chi connectivity index (χ3n) is 4.78. The number of alkyl halides is 3. The largest absolute Gasteiger partial charge is 0.451 e. The minimum Gasteiger partial charge on any atom is -0.451 e. The highest BCUT2D eigenvalue weighted by molar-refractivity contribution is 5.93. The highest BCUT2D eigenvalue weighted by Gasteiger charge is 2.31. The maximum Gasteiger partial charge on any atom is 0.417 e. The number of fused-ring (bicyclic) bond motifs is 1. The van der Waals surface area contributed by atoms with Gasteiger partial charge in [0.25, 0.3) is 5.91 Å². The van der Waals surface area contributed by atoms with E-state index in [0.717, 1.165) is 18.3 Å². The second kappa shape index (κ2) is 7.23. The van der Waals surface area contributed by atoms with Gasteiger partial charge in [0.15, 0.2) is 11.2 Å². The van der Waals surface area contributed by atoms with Gasteiger partial charge in [0.05, 0.1) is 10.9 Å². The van der Waals surface area contributed by atoms with Crippen LogP contribution in [-0.2, 0) is 6.18 Å². The van der Waals surface area contributed by atoms with Crippen molar-refractivity contribution in [1.82, 2.24) is 10.3 Å². The molecule has 1 unspecified atom stereocenters. The molecule has 2 aromatic heterocycles. The number of nitrogens with zero attached hydrogens (tertiary/aromatic N) is 2. The standard InChI is InChI=1S/C20H16F3N3O3/c21-20(22,23)12-5-6-18(24-10-12)26-8-7-13(11-26)25-19(28)17-9-15(27)14-3-1-2-4-16(14)29-17/h1-6,9-10,13H,7-8,11H2,(H,25,28). The third kappa shape index (κ3) is 3.94. The van der Waals surface area contributed by atoms with Crippen molar-refractivity contribution < 1.29 is 22.4 Å². The van der Waals surface area contributed by atoms with Crippen molar-refractivity contribution in [3.05, 3.63) is 70.2 Å². The van der Waals surface area contributed by atoms with Crippen molar-refractivity contribution in [3.63, 3.8) is 0 Å². The first kappa shape index (κ1) is 19.0. The number of aromatic nitrogens is 1. The number of carbonyl (C=O) groups excluding carboxylic acids is 1. The average molecular weight is 403 g/mol. The van der Waals surface area contributed by atoms with Crippen molar-refractivity contribution in [2.24, 2.45) is 0 Å². The quantitative estimate of drug-likeness (QED) is 0.727. The van der Waals surface area contributed by atoms with Crippen molar-refractivity contribution in [3.8, 4) is 0 Å². The lowest BCUT2D eigenvalue weighted by molar-refractivity contribution is -0.137. The van der Waals surface area contributed by atoms with Crippen molar-refractivity contribution in [1.29, 1.82) is 0 Å². The van der Waals surface area contributed by atoms with Gasteiger partial charge in [-0.05, 0) is 30.7 Å². The third-order valence-corrected chi connectivity index (χ3v) is 4.78. The number of hydrogen-bond donors (Lipinski definition) is 1. The lowest BCUT2D eigenvalue weighted by atomic mass is 10.2. The molecule has 0 saturated carbocycles. The first-order valence-electron chi connectivity index (χ1n) is 8.93. The molecule has 1 fully saturated rings. The number of rotatable bonds is 3. The molecule has 29 heavy (non-hydrogen) atoms. The normalized spacial score (nSPS) is 16.9. The van der Waals surface area contributed by atoms with E-state index in [1.54, 1.807) is 29.2 Å². The number of hydrogen-bond acceptors (Lipinski definition) is 5. The average Bonchev–Trinajstić information content (AvgIpc) is 3.16. The highest BCUT2D eigenvalue weighted by Crippen LogP contribution is 2.30. The molecule has 1 aliphatic heterocycles. The number of amides is 1. The Morgan fingerprint density at radius 2 is 2.00 bits per heavy atom. The van der Waals surface area contributed by atoms with Gasteiger partial charge in [0, 0.05) is 31.4 Å². The summed E-state index contributed by atoms with van der Waals surface area (Å²) in [6, 6.07) is 9.86. The number of pyridine rings is 1. The summed E-state index contributed by atoms with van der Waals surface area (Å²) in [5, 5.41) is 3.19. The molecule has 1 saturated heterocycles. The van der Waals surface area contributed by atoms with Crippen LogP contribution in [0.5, 0.6) is 0 Å². The van der Waals surface area contributed by atoms with Gasteiger partial charge in [-0.2, -0.15) is 13.2 Å². The molecular formula is C20H16F3N3O3. The van der Waals surface area contributed by atoms with E-state index in [4.69, 9.17) is 4.42 Å². The summed E-state index contributed by atoms with van der Waals surface area (Å²) < 4.78 is 43.5. The Hall–Kier alpha value is -3.36. The fourth-order valence-electron chi connectivity index (χ4n) is 3.30. The smallest absolute Gasteiger partial charge is 0.417 e. The SMILES string of the molecule is O=C(NC1CCN(c2ccc(C(F)(F)F)cn2)C1)c1cc(=O)c2ccccc2o1. The maximum atomic E-state index is 12.7. The Kier molecular flexibility index (Phi) is 4.73. The van der Waals surface area contributed by atoms with E-state index in [1.165, 1.54) is 6.07 Å². The van der Waals surface area contributed by atoms with Crippen LogP contribution in [0.2, 0.25) is 0 Å². The molecule has 1 N–H and O–H groups in total. The van der Waals surface area contributed by atoms with Gasteiger partial charge >= 0.3 is 6.18 Å². The van der Waals surface area contributed by atoms with E-state index >= 15 is 0 Å². The van der Waals surface area contributed by atoms with Crippen molar-refractivity contribution >= 4 is 22.7 Å². The van der Waals surface area contributed by atoms with E-state index in [9.17, 15) is 22.8 Å². The van der Waals surface area contributed by atoms with Crippen LogP contribution in [0.3, 0.4) is 0 Å². The summed E-state index contributed by atoms with van der Waals surface area (Å²) >= 11 is 0. The Balaban J connectivity index is 1.44. The first-order valence-corrected chi connectivity index (χ1v) is 8.93. The molecule has 0 spiro atoms. The molecule has 1 aliphatic rings. The molecule has 3 heterocycles. The van der Waals surface area contributed by atoms with E-state index < -0.39 is 17.6 Å². The monoisotopic (exact) mass is 403 g/mol. The molecule has 4 rings (SSSR count). The van der Waals surface area contributed by atoms with Crippen molar-refractivity contribution in [2.75, 3.05) is 18.0 Å². The first-order chi connectivity index (χ1) is 13.8. The number of carbonyl (C=O) groups is 1. The molecule has 9 heteroatoms. The maximum absolute atomic E-state index is 12.7. The van der Waals surface area contributed by atoms with Crippen LogP contribution in [0, 0.1) is 0 Å². The predicted molar refractivity (Wildman–Crippen MR) is 99.8 cm³/mol. The number of benzene rings is 1. The minimum atomic E-state index is -4.43. The number of halogens is 3. The summed E-state index contributed by atoms with van der Waals surface area (Å²) in [6.07, 6.45) is -3.05. The fourth-order valence-corrected chi connectivity index (χ4v) is 3.30. The number of nitrogens with one attached hydrogen (secondary N) is 1. The van der Waals surface area contributed by atoms with Crippen LogP contribution in [0.4, 0.5) is 19.0 Å². The molecule has 0 aliphatic carbocycles. The second-order valence-electron chi connectivity index (χ2n) is 6.78. The zero-order valence-electron chi connectivity index (χ0n) is 15.1. The Morgan fingerprint density at radius 3 is 2.72 bits per heavy atom. The minimum absolute atomic E-state index is 0.0835. The van der Waals surface area contributed by atoms with Crippen LogP contribution >= 0.6 is 0 Å². The fraction of sp³-hybridized carbons (Fsp3) is 0.250. The molecule has 6 nitrogen and oxygen atoms in total. The van der Waals surface area contributed by atoms with Crippen LogP contribution in [0.1, 0.15) is 22.5 Å². The molecule has 0 bridgehead atoms. The van der Waals surface area contributed by atoms with E-state index in [1.807, 2.05) is 0 Å². The van der Waals surface area contributed by atoms with Gasteiger partial charge in [-0.3, -0.25) is 9.59 Å². The summed E-state index contributed by atoms with van der Waals surface area (Å²) in [6.45, 7) is 0.924. The zero-order valence-corrected chi connectivity index (χ0v) is 15.1. The molecule has 1 aromatic carbocycles. The summed E-state index contributed by atoms with van der Waals surface area (Å²) in [5.41, 5.74) is -0.789. The second-order valence-corrected chi connectivity index (χ2v) is 6.78. The van der Waals surface area contributed by atoms with Gasteiger partial charge in [0.2, 0.25) is 0 Å². The van der Waals surface area contributed by atoms with Crippen LogP contribution in [-0.4, -0.2) is 30.0 Å². The van der Waals surface area contributed by atoms with E-state index in [0.29, 0.717) is 36.3 Å². The summed E-state index contributed by atoms with van der Waals surface area (Å²) in [7, 11) is 0. The highest BCUT2D eigenvalue weighted by atomic mass is 19.4. The van der Waals surface area contributed by atoms with Gasteiger partial charge in [-0.1, -0.05) is 12.1 Å². The topological polar surface area (TPSA) is 75.4 Å². The molecule has 0 radical (unpaired) electrons. The molecular weight excluding hydrogens is 387 g/mol. The summed E-state index contributed by atoms with van der Waals surface area (Å²) in [5.74, 6) is -0.188. The predicted octanol–water partition coefficient (Wildman–Crippen LogP) is 3.22. The lowest BCUT2D eigenvalue weighted by Gasteiger charge is -2.18. The van der Waals surface area contributed by atoms with Gasteiger partial charge in [0.1, 0.15) is 11.4 Å². The molecule has 1 atom stereocenters. The van der Waals surface area contributed by atoms with Gasteiger partial charge in [-0.15, -0.1) is 0 Å². The Morgan fingerprint density at radius 1 is 1.21 bits per heavy atom. The van der Waals surface area contributed by atoms with Gasteiger partial charge in [-0.25, -0.2) is 4.98 Å². The number of anilines is 1. The van der Waals surface area contributed by atoms with E-state index in [-0.39, 0.29) is 17.2 Å². The van der Waals surface area contributed by atoms with Crippen LogP contribution in [0.25, 0.3) is 11.0 Å². The number of para-hydroxylation sites is 1. The Bertz CT molecular complexity index is 1110. The van der Waals surface area contributed by atoms with Gasteiger partial charge < -0.3 is 14.6 Å².